The number of rotatable bonds is 5. The van der Waals surface area contributed by atoms with Crippen molar-refractivity contribution in [3.05, 3.63) is 64.4 Å². The highest BCUT2D eigenvalue weighted by Gasteiger charge is 2.22. The highest BCUT2D eigenvalue weighted by Crippen LogP contribution is 2.34. The summed E-state index contributed by atoms with van der Waals surface area (Å²) in [4.78, 5) is 28.0. The van der Waals surface area contributed by atoms with Gasteiger partial charge < -0.3 is 4.74 Å². The minimum atomic E-state index is -0.436. The fourth-order valence-corrected chi connectivity index (χ4v) is 3.29. The summed E-state index contributed by atoms with van der Waals surface area (Å²) in [7, 11) is 0. The van der Waals surface area contributed by atoms with Gasteiger partial charge in [0.2, 0.25) is 0 Å². The van der Waals surface area contributed by atoms with E-state index in [1.54, 1.807) is 19.1 Å². The average molecular weight is 355 g/mol. The van der Waals surface area contributed by atoms with Crippen molar-refractivity contribution in [2.45, 2.75) is 6.92 Å². The third kappa shape index (κ3) is 3.56. The van der Waals surface area contributed by atoms with Gasteiger partial charge in [0, 0.05) is 23.3 Å². The standard InChI is InChI=1S/C18H15N2O4S/c1-2-24-18(21)16-15(12-8-10-14(11-9-12)20(22)23)19-17(25-16)13-6-4-3-5-7-13/h3-11H,2H2,1H3,(H,22,23)/q+1. The Morgan fingerprint density at radius 3 is 2.40 bits per heavy atom. The van der Waals surface area contributed by atoms with Crippen molar-refractivity contribution in [1.82, 2.24) is 4.98 Å². The second kappa shape index (κ2) is 7.23. The zero-order valence-electron chi connectivity index (χ0n) is 13.4. The van der Waals surface area contributed by atoms with Gasteiger partial charge >= 0.3 is 11.7 Å². The van der Waals surface area contributed by atoms with E-state index in [1.807, 2.05) is 30.3 Å². The van der Waals surface area contributed by atoms with Crippen molar-refractivity contribution in [3.8, 4) is 21.8 Å². The topological polar surface area (TPSA) is 79.5 Å². The number of nitrogens with zero attached hydrogens (tertiary/aromatic N) is 2. The van der Waals surface area contributed by atoms with Crippen LogP contribution in [0.15, 0.2) is 54.6 Å². The van der Waals surface area contributed by atoms with Crippen molar-refractivity contribution >= 4 is 23.0 Å². The van der Waals surface area contributed by atoms with Crippen LogP contribution < -0.4 is 0 Å². The SMILES string of the molecule is CCOC(=O)c1sc(-c2ccccc2)nc1-c1ccc([N+](=O)O)cc1. The maximum atomic E-state index is 12.3. The number of hydrogen-bond donors (Lipinski definition) is 1. The number of hydrogen-bond acceptors (Lipinski definition) is 5. The molecule has 0 saturated carbocycles. The number of thiazole rings is 1. The van der Waals surface area contributed by atoms with Gasteiger partial charge in [-0.15, -0.1) is 11.3 Å². The molecule has 1 N–H and O–H groups in total. The Morgan fingerprint density at radius 1 is 1.12 bits per heavy atom. The molecule has 0 radical (unpaired) electrons. The molecule has 0 unspecified atom stereocenters. The number of carbonyl (C=O) groups is 1. The largest absolute Gasteiger partial charge is 0.462 e. The Labute approximate surface area is 147 Å². The van der Waals surface area contributed by atoms with E-state index < -0.39 is 5.97 Å². The van der Waals surface area contributed by atoms with E-state index in [-0.39, 0.29) is 17.2 Å². The second-order valence-corrected chi connectivity index (χ2v) is 6.10. The van der Waals surface area contributed by atoms with Crippen molar-refractivity contribution in [2.24, 2.45) is 0 Å². The molecule has 7 heteroatoms. The maximum absolute atomic E-state index is 12.3. The molecule has 0 spiro atoms. The number of esters is 1. The molecule has 0 aliphatic rings. The van der Waals surface area contributed by atoms with E-state index in [0.717, 1.165) is 5.56 Å². The minimum absolute atomic E-state index is 0.0972. The van der Waals surface area contributed by atoms with Gasteiger partial charge in [-0.2, -0.15) is 0 Å². The second-order valence-electron chi connectivity index (χ2n) is 5.10. The first kappa shape index (κ1) is 16.8. The molecule has 0 bridgehead atoms. The van der Waals surface area contributed by atoms with E-state index in [1.165, 1.54) is 23.5 Å². The summed E-state index contributed by atoms with van der Waals surface area (Å²) in [6, 6.07) is 15.7. The lowest BCUT2D eigenvalue weighted by atomic mass is 10.1. The van der Waals surface area contributed by atoms with E-state index in [0.29, 0.717) is 21.1 Å². The first-order valence-electron chi connectivity index (χ1n) is 7.60. The summed E-state index contributed by atoms with van der Waals surface area (Å²) in [5, 5.41) is 9.64. The Morgan fingerprint density at radius 2 is 1.80 bits per heavy atom. The van der Waals surface area contributed by atoms with E-state index in [9.17, 15) is 9.70 Å². The van der Waals surface area contributed by atoms with Gasteiger partial charge in [0.15, 0.2) is 0 Å². The molecular formula is C18H15N2O4S+. The summed E-state index contributed by atoms with van der Waals surface area (Å²) < 4.78 is 5.13. The molecule has 6 nitrogen and oxygen atoms in total. The first-order chi connectivity index (χ1) is 12.1. The van der Waals surface area contributed by atoms with Crippen LogP contribution in [0.5, 0.6) is 0 Å². The van der Waals surface area contributed by atoms with Gasteiger partial charge in [-0.1, -0.05) is 30.3 Å². The Balaban J connectivity index is 2.08. The molecule has 0 aliphatic heterocycles. The number of aromatic nitrogens is 1. The molecule has 0 aliphatic carbocycles. The van der Waals surface area contributed by atoms with E-state index in [2.05, 4.69) is 4.98 Å². The smallest absolute Gasteiger partial charge is 0.350 e. The number of ether oxygens (including phenoxy) is 1. The molecule has 3 rings (SSSR count). The van der Waals surface area contributed by atoms with Crippen LogP contribution in [0.4, 0.5) is 5.69 Å². The molecule has 0 fully saturated rings. The molecule has 3 aromatic rings. The van der Waals surface area contributed by atoms with Crippen LogP contribution in [0.25, 0.3) is 21.8 Å². The van der Waals surface area contributed by atoms with Crippen LogP contribution in [0, 0.1) is 4.91 Å². The molecule has 0 amide bonds. The number of benzene rings is 2. The summed E-state index contributed by atoms with van der Waals surface area (Å²) >= 11 is 1.26. The third-order valence-electron chi connectivity index (χ3n) is 3.47. The Kier molecular flexibility index (Phi) is 4.85. The predicted molar refractivity (Wildman–Crippen MR) is 94.0 cm³/mol. The van der Waals surface area contributed by atoms with Crippen LogP contribution in [-0.4, -0.2) is 27.7 Å². The van der Waals surface area contributed by atoms with Gasteiger partial charge in [0.25, 0.3) is 4.92 Å². The molecule has 25 heavy (non-hydrogen) atoms. The van der Waals surface area contributed by atoms with Crippen molar-refractivity contribution in [1.29, 1.82) is 0 Å². The van der Waals surface area contributed by atoms with Crippen LogP contribution >= 0.6 is 11.3 Å². The summed E-state index contributed by atoms with van der Waals surface area (Å²) in [5.41, 5.74) is 2.15. The third-order valence-corrected chi connectivity index (χ3v) is 4.55. The zero-order chi connectivity index (χ0) is 17.8. The van der Waals surface area contributed by atoms with E-state index >= 15 is 0 Å². The molecule has 1 aromatic heterocycles. The fraction of sp³-hybridized carbons (Fsp3) is 0.111. The highest BCUT2D eigenvalue weighted by atomic mass is 32.1. The monoisotopic (exact) mass is 355 g/mol. The van der Waals surface area contributed by atoms with Crippen molar-refractivity contribution < 1.29 is 19.7 Å². The maximum Gasteiger partial charge on any atom is 0.350 e. The molecule has 2 aromatic carbocycles. The van der Waals surface area contributed by atoms with E-state index in [4.69, 9.17) is 9.94 Å². The van der Waals surface area contributed by atoms with Gasteiger partial charge in [0.1, 0.15) is 9.88 Å². The van der Waals surface area contributed by atoms with Gasteiger partial charge in [-0.25, -0.2) is 15.0 Å². The van der Waals surface area contributed by atoms with Crippen LogP contribution in [0.1, 0.15) is 16.6 Å². The molecule has 0 atom stereocenters. The predicted octanol–water partition coefficient (Wildman–Crippen LogP) is 4.45. The summed E-state index contributed by atoms with van der Waals surface area (Å²) in [6.45, 7) is 2.01. The first-order valence-corrected chi connectivity index (χ1v) is 8.41. The molecular weight excluding hydrogens is 340 g/mol. The van der Waals surface area contributed by atoms with Gasteiger partial charge in [0.05, 0.1) is 17.2 Å². The minimum Gasteiger partial charge on any atom is -0.462 e. The molecule has 0 saturated heterocycles. The van der Waals surface area contributed by atoms with Crippen LogP contribution in [0.2, 0.25) is 0 Å². The van der Waals surface area contributed by atoms with Crippen molar-refractivity contribution in [3.63, 3.8) is 0 Å². The molecule has 126 valence electrons. The molecule has 1 heterocycles. The lowest BCUT2D eigenvalue weighted by Gasteiger charge is -2.02. The summed E-state index contributed by atoms with van der Waals surface area (Å²) in [6.07, 6.45) is 0. The Bertz CT molecular complexity index is 905. The fourth-order valence-electron chi connectivity index (χ4n) is 2.30. The Hall–Kier alpha value is -3.06. The summed E-state index contributed by atoms with van der Waals surface area (Å²) in [5.74, 6) is -0.436. The normalized spacial score (nSPS) is 10.4. The highest BCUT2D eigenvalue weighted by molar-refractivity contribution is 7.17. The average Bonchev–Trinajstić information content (AvgIpc) is 3.08. The van der Waals surface area contributed by atoms with Gasteiger partial charge in [-0.3, -0.25) is 0 Å². The van der Waals surface area contributed by atoms with Crippen molar-refractivity contribution in [2.75, 3.05) is 6.61 Å². The number of carbonyl (C=O) groups excluding carboxylic acids is 1. The van der Waals surface area contributed by atoms with Crippen LogP contribution in [-0.2, 0) is 4.74 Å². The van der Waals surface area contributed by atoms with Crippen LogP contribution in [0.3, 0.4) is 0 Å². The quantitative estimate of drug-likeness (QED) is 0.540. The lowest BCUT2D eigenvalue weighted by Crippen LogP contribution is -2.04. The lowest BCUT2D eigenvalue weighted by molar-refractivity contribution is -0.729. The zero-order valence-corrected chi connectivity index (χ0v) is 14.2. The van der Waals surface area contributed by atoms with Gasteiger partial charge in [-0.05, 0) is 19.1 Å².